The number of piperazine rings is 1. The van der Waals surface area contributed by atoms with Crippen LogP contribution < -0.4 is 10.6 Å². The Morgan fingerprint density at radius 3 is 2.35 bits per heavy atom. The van der Waals surface area contributed by atoms with Gasteiger partial charge < -0.3 is 25.5 Å². The number of nitrogens with one attached hydrogen (secondary N) is 2. The van der Waals surface area contributed by atoms with Gasteiger partial charge >= 0.3 is 6.09 Å². The lowest BCUT2D eigenvalue weighted by Gasteiger charge is -2.44. The lowest BCUT2D eigenvalue weighted by molar-refractivity contribution is -0.146. The molecule has 4 aliphatic rings. The number of nitrogens with zero attached hydrogens (tertiary/aromatic N) is 3. The van der Waals surface area contributed by atoms with Crippen molar-refractivity contribution in [1.82, 2.24) is 24.7 Å². The number of piperidine rings is 1. The van der Waals surface area contributed by atoms with Crippen LogP contribution in [0.4, 0.5) is 4.79 Å². The van der Waals surface area contributed by atoms with Crippen LogP contribution in [0.5, 0.6) is 0 Å². The first-order chi connectivity index (χ1) is 19.2. The lowest BCUT2D eigenvalue weighted by Crippen LogP contribution is -2.65. The van der Waals surface area contributed by atoms with E-state index < -0.39 is 28.2 Å². The highest BCUT2D eigenvalue weighted by Gasteiger charge is 2.45. The second kappa shape index (κ2) is 12.7. The molecule has 0 bridgehead atoms. The third-order valence-electron chi connectivity index (χ3n) is 8.82. The van der Waals surface area contributed by atoms with Gasteiger partial charge in [-0.1, -0.05) is 25.3 Å². The third-order valence-corrected chi connectivity index (χ3v) is 12.1. The Balaban J connectivity index is 1.32. The Hall–Kier alpha value is -2.22. The summed E-state index contributed by atoms with van der Waals surface area (Å²) in [7, 11) is -3.26. The highest BCUT2D eigenvalue weighted by atomic mass is 32.2. The Bertz CT molecular complexity index is 1140. The van der Waals surface area contributed by atoms with Crippen molar-refractivity contribution in [2.45, 2.75) is 87.7 Å². The second-order valence-corrected chi connectivity index (χ2v) is 14.8. The molecule has 3 amide bonds. The van der Waals surface area contributed by atoms with E-state index in [0.29, 0.717) is 32.5 Å². The van der Waals surface area contributed by atoms with Crippen LogP contribution in [0.3, 0.4) is 0 Å². The van der Waals surface area contributed by atoms with Crippen LogP contribution in [0.2, 0.25) is 0 Å². The number of amides is 3. The van der Waals surface area contributed by atoms with Gasteiger partial charge in [-0.15, -0.1) is 11.3 Å². The average molecular weight is 596 g/mol. The van der Waals surface area contributed by atoms with E-state index >= 15 is 0 Å². The number of sulfonamides is 1. The summed E-state index contributed by atoms with van der Waals surface area (Å²) in [5.74, 6) is -0.614. The monoisotopic (exact) mass is 595 g/mol. The van der Waals surface area contributed by atoms with Crippen molar-refractivity contribution in [3.63, 3.8) is 0 Å². The van der Waals surface area contributed by atoms with Gasteiger partial charge in [0.25, 0.3) is 0 Å². The van der Waals surface area contributed by atoms with Gasteiger partial charge in [-0.3, -0.25) is 9.59 Å². The van der Waals surface area contributed by atoms with Crippen LogP contribution >= 0.6 is 11.3 Å². The van der Waals surface area contributed by atoms with Crippen molar-refractivity contribution < 1.29 is 27.9 Å². The molecule has 4 fully saturated rings. The molecule has 40 heavy (non-hydrogen) atoms. The maximum absolute atomic E-state index is 14.3. The number of hydrogen-bond donors (Lipinski definition) is 3. The molecule has 2 aliphatic carbocycles. The van der Waals surface area contributed by atoms with Gasteiger partial charge in [-0.05, 0) is 55.9 Å². The SMILES string of the molecule is O=C(NCc1cccs1)[C@@H]1CN(C(=O)O)CCN1C(=O)[C@H](NC1CCCCC1)C1CCN(S(=O)(=O)C2CC2)CC1. The summed E-state index contributed by atoms with van der Waals surface area (Å²) in [6.07, 6.45) is 6.84. The molecule has 13 heteroatoms. The van der Waals surface area contributed by atoms with Crippen molar-refractivity contribution in [1.29, 1.82) is 0 Å². The number of carbonyl (C=O) groups excluding carboxylic acids is 2. The van der Waals surface area contributed by atoms with Crippen molar-refractivity contribution >= 4 is 39.3 Å². The largest absolute Gasteiger partial charge is 0.465 e. The van der Waals surface area contributed by atoms with Crippen LogP contribution in [0, 0.1) is 5.92 Å². The molecule has 2 saturated heterocycles. The van der Waals surface area contributed by atoms with Gasteiger partial charge in [0, 0.05) is 37.1 Å². The Kier molecular flexibility index (Phi) is 9.33. The van der Waals surface area contributed by atoms with E-state index in [1.165, 1.54) is 22.7 Å². The van der Waals surface area contributed by atoms with E-state index in [0.717, 1.165) is 43.4 Å². The summed E-state index contributed by atoms with van der Waals surface area (Å²) in [4.78, 5) is 43.2. The van der Waals surface area contributed by atoms with Crippen molar-refractivity contribution in [3.05, 3.63) is 22.4 Å². The molecule has 0 unspecified atom stereocenters. The average Bonchev–Trinajstić information content (AvgIpc) is 3.71. The fourth-order valence-electron chi connectivity index (χ4n) is 6.30. The van der Waals surface area contributed by atoms with E-state index in [9.17, 15) is 27.9 Å². The van der Waals surface area contributed by atoms with Crippen LogP contribution in [0.1, 0.15) is 62.7 Å². The molecule has 2 aliphatic heterocycles. The van der Waals surface area contributed by atoms with E-state index in [2.05, 4.69) is 10.6 Å². The van der Waals surface area contributed by atoms with Gasteiger partial charge in [-0.25, -0.2) is 17.5 Å². The third kappa shape index (κ3) is 6.80. The van der Waals surface area contributed by atoms with Crippen molar-refractivity contribution in [3.8, 4) is 0 Å². The van der Waals surface area contributed by atoms with Crippen LogP contribution in [-0.4, -0.2) is 102 Å². The fourth-order valence-corrected chi connectivity index (χ4v) is 8.82. The highest BCUT2D eigenvalue weighted by Crippen LogP contribution is 2.34. The van der Waals surface area contributed by atoms with E-state index in [1.54, 1.807) is 9.21 Å². The first-order valence-corrected chi connectivity index (χ1v) is 17.0. The predicted octanol–water partition coefficient (Wildman–Crippen LogP) is 2.05. The van der Waals surface area contributed by atoms with Crippen LogP contribution in [0.15, 0.2) is 17.5 Å². The molecule has 2 saturated carbocycles. The fraction of sp³-hybridized carbons (Fsp3) is 0.741. The van der Waals surface area contributed by atoms with Gasteiger partial charge in [0.15, 0.2) is 0 Å². The number of carbonyl (C=O) groups is 3. The molecule has 1 aromatic rings. The summed E-state index contributed by atoms with van der Waals surface area (Å²) in [6, 6.07) is 2.54. The van der Waals surface area contributed by atoms with Gasteiger partial charge in [0.1, 0.15) is 6.04 Å². The zero-order valence-electron chi connectivity index (χ0n) is 22.9. The number of carboxylic acid groups (broad SMARTS) is 1. The smallest absolute Gasteiger partial charge is 0.407 e. The molecule has 2 atom stereocenters. The number of thiophene rings is 1. The Labute approximate surface area is 240 Å². The molecule has 222 valence electrons. The van der Waals surface area contributed by atoms with Crippen LogP contribution in [0.25, 0.3) is 0 Å². The maximum Gasteiger partial charge on any atom is 0.407 e. The highest BCUT2D eigenvalue weighted by molar-refractivity contribution is 7.90. The number of rotatable bonds is 9. The zero-order valence-corrected chi connectivity index (χ0v) is 24.5. The van der Waals surface area contributed by atoms with E-state index in [1.807, 2.05) is 17.5 Å². The van der Waals surface area contributed by atoms with Gasteiger partial charge in [-0.2, -0.15) is 0 Å². The minimum atomic E-state index is -3.26. The summed E-state index contributed by atoms with van der Waals surface area (Å²) in [5, 5.41) is 17.8. The summed E-state index contributed by atoms with van der Waals surface area (Å²) in [6.45, 7) is 1.32. The topological polar surface area (TPSA) is 139 Å². The molecular weight excluding hydrogens is 554 g/mol. The molecule has 1 aromatic heterocycles. The molecule has 3 heterocycles. The predicted molar refractivity (Wildman–Crippen MR) is 151 cm³/mol. The zero-order chi connectivity index (χ0) is 28.3. The first kappa shape index (κ1) is 29.3. The summed E-state index contributed by atoms with van der Waals surface area (Å²) >= 11 is 1.52. The summed E-state index contributed by atoms with van der Waals surface area (Å²) in [5.41, 5.74) is 0. The lowest BCUT2D eigenvalue weighted by atomic mass is 9.86. The number of hydrogen-bond acceptors (Lipinski definition) is 7. The maximum atomic E-state index is 14.3. The second-order valence-electron chi connectivity index (χ2n) is 11.5. The Morgan fingerprint density at radius 1 is 1.00 bits per heavy atom. The quantitative estimate of drug-likeness (QED) is 0.397. The molecular formula is C27H41N5O6S2. The van der Waals surface area contributed by atoms with Crippen molar-refractivity contribution in [2.75, 3.05) is 32.7 Å². The van der Waals surface area contributed by atoms with E-state index in [-0.39, 0.29) is 48.7 Å². The molecule has 5 rings (SSSR count). The van der Waals surface area contributed by atoms with Crippen molar-refractivity contribution in [2.24, 2.45) is 5.92 Å². The molecule has 0 aromatic carbocycles. The molecule has 3 N–H and O–H groups in total. The summed E-state index contributed by atoms with van der Waals surface area (Å²) < 4.78 is 27.2. The standard InChI is InChI=1S/C27H41N5O6S2/c33-25(28-17-21-7-4-16-39-21)23-18-30(27(35)36)14-15-32(23)26(34)24(29-20-5-2-1-3-6-20)19-10-12-31(13-11-19)40(37,38)22-8-9-22/h4,7,16,19-20,22-24,29H,1-3,5-6,8-15,17-18H2,(H,28,33)(H,35,36)/t23-,24+/m0/s1. The Morgan fingerprint density at radius 2 is 1.73 bits per heavy atom. The van der Waals surface area contributed by atoms with Gasteiger partial charge in [0.05, 0.1) is 24.4 Å². The molecule has 0 spiro atoms. The molecule has 11 nitrogen and oxygen atoms in total. The van der Waals surface area contributed by atoms with Gasteiger partial charge in [0.2, 0.25) is 21.8 Å². The minimum Gasteiger partial charge on any atom is -0.465 e. The minimum absolute atomic E-state index is 0.0626. The van der Waals surface area contributed by atoms with E-state index in [4.69, 9.17) is 0 Å². The molecule has 0 radical (unpaired) electrons. The first-order valence-electron chi connectivity index (χ1n) is 14.6. The normalized spacial score (nSPS) is 24.6. The van der Waals surface area contributed by atoms with Crippen LogP contribution in [-0.2, 0) is 26.2 Å².